The molecular formula is C17H21N3O3. The number of nitrogens with zero attached hydrogens (tertiary/aromatic N) is 2. The van der Waals surface area contributed by atoms with Gasteiger partial charge >= 0.3 is 0 Å². The van der Waals surface area contributed by atoms with Gasteiger partial charge in [-0.1, -0.05) is 44.1 Å². The monoisotopic (exact) mass is 315 g/mol. The number of aromatic nitrogens is 2. The molecule has 1 atom stereocenters. The summed E-state index contributed by atoms with van der Waals surface area (Å²) in [6.45, 7) is 6.66. The molecule has 1 aromatic carbocycles. The van der Waals surface area contributed by atoms with Crippen LogP contribution in [0.2, 0.25) is 0 Å². The molecule has 0 aliphatic carbocycles. The molecule has 2 heterocycles. The van der Waals surface area contributed by atoms with E-state index in [2.05, 4.69) is 15.5 Å². The highest BCUT2D eigenvalue weighted by atomic mass is 16.5. The van der Waals surface area contributed by atoms with Gasteiger partial charge in [-0.25, -0.2) is 0 Å². The van der Waals surface area contributed by atoms with E-state index in [1.54, 1.807) is 0 Å². The topological polar surface area (TPSA) is 77.2 Å². The van der Waals surface area contributed by atoms with Crippen molar-refractivity contribution in [1.82, 2.24) is 15.5 Å². The van der Waals surface area contributed by atoms with Crippen LogP contribution >= 0.6 is 0 Å². The van der Waals surface area contributed by atoms with Gasteiger partial charge in [0.1, 0.15) is 12.4 Å². The molecular weight excluding hydrogens is 294 g/mol. The summed E-state index contributed by atoms with van der Waals surface area (Å²) in [6, 6.07) is 7.80. The van der Waals surface area contributed by atoms with E-state index in [4.69, 9.17) is 9.26 Å². The molecule has 23 heavy (non-hydrogen) atoms. The molecule has 1 unspecified atom stereocenters. The Kier molecular flexibility index (Phi) is 4.07. The van der Waals surface area contributed by atoms with Crippen LogP contribution in [-0.2, 0) is 23.2 Å². The van der Waals surface area contributed by atoms with Crippen molar-refractivity contribution >= 4 is 5.91 Å². The second-order valence-corrected chi connectivity index (χ2v) is 6.80. The molecule has 122 valence electrons. The Balaban J connectivity index is 1.57. The van der Waals surface area contributed by atoms with Crippen LogP contribution in [-0.4, -0.2) is 22.7 Å². The fraction of sp³-hybridized carbons (Fsp3) is 0.471. The van der Waals surface area contributed by atoms with Gasteiger partial charge in [0.05, 0.1) is 12.5 Å². The molecule has 1 aromatic heterocycles. The fourth-order valence-corrected chi connectivity index (χ4v) is 2.43. The van der Waals surface area contributed by atoms with Gasteiger partial charge in [0, 0.05) is 5.41 Å². The Labute approximate surface area is 135 Å². The van der Waals surface area contributed by atoms with Gasteiger partial charge in [-0.3, -0.25) is 4.79 Å². The number of amides is 1. The third-order valence-electron chi connectivity index (χ3n) is 3.80. The van der Waals surface area contributed by atoms with E-state index in [0.717, 1.165) is 11.3 Å². The number of rotatable bonds is 3. The van der Waals surface area contributed by atoms with Crippen LogP contribution in [0.5, 0.6) is 5.75 Å². The summed E-state index contributed by atoms with van der Waals surface area (Å²) in [5, 5.41) is 6.79. The van der Waals surface area contributed by atoms with Crippen molar-refractivity contribution < 1.29 is 14.1 Å². The average molecular weight is 315 g/mol. The molecule has 0 fully saturated rings. The van der Waals surface area contributed by atoms with E-state index in [1.807, 2.05) is 45.0 Å². The smallest absolute Gasteiger partial charge is 0.246 e. The molecule has 1 aliphatic heterocycles. The largest absolute Gasteiger partial charge is 0.492 e. The first-order valence-electron chi connectivity index (χ1n) is 7.75. The molecule has 0 bridgehead atoms. The third kappa shape index (κ3) is 3.52. The number of para-hydroxylation sites is 1. The summed E-state index contributed by atoms with van der Waals surface area (Å²) in [6.07, 6.45) is 0.680. The second kappa shape index (κ2) is 6.02. The average Bonchev–Trinajstić information content (AvgIpc) is 3.01. The number of hydrogen-bond donors (Lipinski definition) is 1. The lowest BCUT2D eigenvalue weighted by Crippen LogP contribution is -2.37. The van der Waals surface area contributed by atoms with E-state index in [1.165, 1.54) is 0 Å². The quantitative estimate of drug-likeness (QED) is 0.940. The molecule has 0 saturated heterocycles. The first-order chi connectivity index (χ1) is 10.9. The van der Waals surface area contributed by atoms with Crippen LogP contribution in [0.1, 0.15) is 38.0 Å². The van der Waals surface area contributed by atoms with Crippen molar-refractivity contribution in [2.24, 2.45) is 5.92 Å². The van der Waals surface area contributed by atoms with Gasteiger partial charge in [0.15, 0.2) is 5.82 Å². The minimum Gasteiger partial charge on any atom is -0.492 e. The Hall–Kier alpha value is -2.37. The number of fused-ring (bicyclic) bond motifs is 1. The van der Waals surface area contributed by atoms with Gasteiger partial charge in [-0.2, -0.15) is 4.98 Å². The van der Waals surface area contributed by atoms with Gasteiger partial charge in [0.2, 0.25) is 11.8 Å². The summed E-state index contributed by atoms with van der Waals surface area (Å²) in [7, 11) is 0. The summed E-state index contributed by atoms with van der Waals surface area (Å²) in [5.41, 5.74) is 0.888. The summed E-state index contributed by atoms with van der Waals surface area (Å²) < 4.78 is 10.8. The van der Waals surface area contributed by atoms with Gasteiger partial charge in [-0.15, -0.1) is 0 Å². The zero-order valence-electron chi connectivity index (χ0n) is 13.6. The summed E-state index contributed by atoms with van der Waals surface area (Å²) in [5.74, 6) is 1.66. The minimum absolute atomic E-state index is 0.0602. The molecule has 0 radical (unpaired) electrons. The SMILES string of the molecule is CC(C)(C)c1noc(CNC(=O)C2COc3ccccc3C2)n1. The highest BCUT2D eigenvalue weighted by Crippen LogP contribution is 2.26. The van der Waals surface area contributed by atoms with Crippen molar-refractivity contribution in [1.29, 1.82) is 0 Å². The number of carbonyl (C=O) groups excluding carboxylic acids is 1. The Bertz CT molecular complexity index is 703. The number of benzene rings is 1. The standard InChI is InChI=1S/C17H21N3O3/c1-17(2,3)16-19-14(23-20-16)9-18-15(21)12-8-11-6-4-5-7-13(11)22-10-12/h4-7,12H,8-10H2,1-3H3,(H,18,21). The number of nitrogens with one attached hydrogen (secondary N) is 1. The van der Waals surface area contributed by atoms with Gasteiger partial charge in [0.25, 0.3) is 0 Å². The fourth-order valence-electron chi connectivity index (χ4n) is 2.43. The number of hydrogen-bond acceptors (Lipinski definition) is 5. The molecule has 3 rings (SSSR count). The summed E-state index contributed by atoms with van der Waals surface area (Å²) >= 11 is 0. The number of carbonyl (C=O) groups is 1. The van der Waals surface area contributed by atoms with Crippen LogP contribution in [0.15, 0.2) is 28.8 Å². The van der Waals surface area contributed by atoms with E-state index in [0.29, 0.717) is 24.7 Å². The Morgan fingerprint density at radius 2 is 2.13 bits per heavy atom. The predicted octanol–water partition coefficient (Wildman–Crippen LogP) is 2.23. The molecule has 0 spiro atoms. The van der Waals surface area contributed by atoms with E-state index in [-0.39, 0.29) is 23.8 Å². The first kappa shape index (κ1) is 15.5. The lowest BCUT2D eigenvalue weighted by Gasteiger charge is -2.24. The Morgan fingerprint density at radius 1 is 1.35 bits per heavy atom. The zero-order chi connectivity index (χ0) is 16.4. The maximum absolute atomic E-state index is 12.3. The van der Waals surface area contributed by atoms with Crippen molar-refractivity contribution in [3.63, 3.8) is 0 Å². The van der Waals surface area contributed by atoms with Crippen LogP contribution < -0.4 is 10.1 Å². The molecule has 6 heteroatoms. The molecule has 6 nitrogen and oxygen atoms in total. The van der Waals surface area contributed by atoms with Gasteiger partial charge in [-0.05, 0) is 18.1 Å². The van der Waals surface area contributed by atoms with Crippen molar-refractivity contribution in [3.05, 3.63) is 41.5 Å². The second-order valence-electron chi connectivity index (χ2n) is 6.80. The van der Waals surface area contributed by atoms with E-state index >= 15 is 0 Å². The Morgan fingerprint density at radius 3 is 2.87 bits per heavy atom. The maximum Gasteiger partial charge on any atom is 0.246 e. The van der Waals surface area contributed by atoms with Crippen LogP contribution in [0, 0.1) is 5.92 Å². The maximum atomic E-state index is 12.3. The van der Waals surface area contributed by atoms with Gasteiger partial charge < -0.3 is 14.6 Å². The predicted molar refractivity (Wildman–Crippen MR) is 84.0 cm³/mol. The minimum atomic E-state index is -0.199. The lowest BCUT2D eigenvalue weighted by atomic mass is 9.96. The zero-order valence-corrected chi connectivity index (χ0v) is 13.6. The summed E-state index contributed by atoms with van der Waals surface area (Å²) in [4.78, 5) is 16.6. The molecule has 2 aromatic rings. The molecule has 1 aliphatic rings. The van der Waals surface area contributed by atoms with Crippen molar-refractivity contribution in [2.45, 2.75) is 39.2 Å². The molecule has 1 amide bonds. The highest BCUT2D eigenvalue weighted by molar-refractivity contribution is 5.79. The van der Waals surface area contributed by atoms with Crippen LogP contribution in [0.25, 0.3) is 0 Å². The lowest BCUT2D eigenvalue weighted by molar-refractivity contribution is -0.126. The number of ether oxygens (including phenoxy) is 1. The highest BCUT2D eigenvalue weighted by Gasteiger charge is 2.26. The normalized spacial score (nSPS) is 17.3. The first-order valence-corrected chi connectivity index (χ1v) is 7.75. The van der Waals surface area contributed by atoms with E-state index < -0.39 is 0 Å². The van der Waals surface area contributed by atoms with Crippen molar-refractivity contribution in [2.75, 3.05) is 6.61 Å². The van der Waals surface area contributed by atoms with Crippen LogP contribution in [0.4, 0.5) is 0 Å². The van der Waals surface area contributed by atoms with E-state index in [9.17, 15) is 4.79 Å². The molecule has 1 N–H and O–H groups in total. The van der Waals surface area contributed by atoms with Crippen molar-refractivity contribution in [3.8, 4) is 5.75 Å². The van der Waals surface area contributed by atoms with Crippen LogP contribution in [0.3, 0.4) is 0 Å². The third-order valence-corrected chi connectivity index (χ3v) is 3.80. The molecule has 0 saturated carbocycles.